The van der Waals surface area contributed by atoms with Crippen LogP contribution in [-0.4, -0.2) is 24.1 Å². The van der Waals surface area contributed by atoms with Crippen LogP contribution < -0.4 is 10.6 Å². The van der Waals surface area contributed by atoms with Gasteiger partial charge in [-0.15, -0.1) is 0 Å². The lowest BCUT2D eigenvalue weighted by Gasteiger charge is -2.16. The molecule has 0 radical (unpaired) electrons. The highest BCUT2D eigenvalue weighted by atomic mass is 16.3. The minimum Gasteiger partial charge on any atom is -0.392 e. The molecule has 1 rings (SSSR count). The van der Waals surface area contributed by atoms with Crippen LogP contribution in [0.1, 0.15) is 18.9 Å². The Morgan fingerprint density at radius 1 is 1.44 bits per heavy atom. The Kier molecular flexibility index (Phi) is 4.79. The maximum atomic E-state index is 11.2. The molecular weight excluding hydrogens is 204 g/mol. The third kappa shape index (κ3) is 3.55. The Balaban J connectivity index is 2.61. The lowest BCUT2D eigenvalue weighted by Crippen LogP contribution is -2.27. The van der Waals surface area contributed by atoms with Gasteiger partial charge in [0.1, 0.15) is 0 Å². The number of nitrogens with one attached hydrogen (secondary N) is 2. The van der Waals surface area contributed by atoms with Gasteiger partial charge in [0.05, 0.1) is 6.61 Å². The molecule has 3 N–H and O–H groups in total. The second-order valence-electron chi connectivity index (χ2n) is 3.74. The van der Waals surface area contributed by atoms with Crippen LogP contribution in [0.25, 0.3) is 0 Å². The fraction of sp³-hybridized carbons (Fsp3) is 0.417. The molecule has 0 fully saturated rings. The van der Waals surface area contributed by atoms with Gasteiger partial charge < -0.3 is 15.7 Å². The van der Waals surface area contributed by atoms with Crippen LogP contribution in [0.15, 0.2) is 24.3 Å². The van der Waals surface area contributed by atoms with E-state index in [0.29, 0.717) is 6.42 Å². The summed E-state index contributed by atoms with van der Waals surface area (Å²) in [6.07, 6.45) is 0.413. The van der Waals surface area contributed by atoms with Crippen LogP contribution in [0, 0.1) is 0 Å². The van der Waals surface area contributed by atoms with Crippen LogP contribution in [0.3, 0.4) is 0 Å². The van der Waals surface area contributed by atoms with E-state index >= 15 is 0 Å². The summed E-state index contributed by atoms with van der Waals surface area (Å²) in [6.45, 7) is 1.93. The SMILES string of the molecule is CNC(=O)CC(C)Nc1ccccc1CO. The monoisotopic (exact) mass is 222 g/mol. The van der Waals surface area contributed by atoms with E-state index in [-0.39, 0.29) is 18.6 Å². The molecule has 1 amide bonds. The van der Waals surface area contributed by atoms with Crippen molar-refractivity contribution in [1.29, 1.82) is 0 Å². The highest BCUT2D eigenvalue weighted by Gasteiger charge is 2.08. The second-order valence-corrected chi connectivity index (χ2v) is 3.74. The number of aliphatic hydroxyl groups is 1. The summed E-state index contributed by atoms with van der Waals surface area (Å²) >= 11 is 0. The molecule has 0 heterocycles. The van der Waals surface area contributed by atoms with Gasteiger partial charge in [0.15, 0.2) is 0 Å². The first-order chi connectivity index (χ1) is 7.67. The number of benzene rings is 1. The van der Waals surface area contributed by atoms with Gasteiger partial charge in [0.25, 0.3) is 0 Å². The van der Waals surface area contributed by atoms with E-state index < -0.39 is 0 Å². The van der Waals surface area contributed by atoms with Crippen molar-refractivity contribution in [3.63, 3.8) is 0 Å². The van der Waals surface area contributed by atoms with Crippen molar-refractivity contribution in [2.75, 3.05) is 12.4 Å². The fourth-order valence-corrected chi connectivity index (χ4v) is 1.50. The van der Waals surface area contributed by atoms with Gasteiger partial charge in [-0.1, -0.05) is 18.2 Å². The van der Waals surface area contributed by atoms with Crippen molar-refractivity contribution in [1.82, 2.24) is 5.32 Å². The van der Waals surface area contributed by atoms with E-state index in [1.54, 1.807) is 7.05 Å². The molecule has 16 heavy (non-hydrogen) atoms. The molecule has 0 saturated heterocycles. The summed E-state index contributed by atoms with van der Waals surface area (Å²) in [5.41, 5.74) is 1.72. The topological polar surface area (TPSA) is 61.4 Å². The third-order valence-electron chi connectivity index (χ3n) is 2.36. The van der Waals surface area contributed by atoms with Crippen LogP contribution in [-0.2, 0) is 11.4 Å². The van der Waals surface area contributed by atoms with Crippen molar-refractivity contribution >= 4 is 11.6 Å². The van der Waals surface area contributed by atoms with Crippen molar-refractivity contribution in [2.24, 2.45) is 0 Å². The van der Waals surface area contributed by atoms with Crippen LogP contribution >= 0.6 is 0 Å². The van der Waals surface area contributed by atoms with Crippen molar-refractivity contribution in [2.45, 2.75) is 26.0 Å². The fourth-order valence-electron chi connectivity index (χ4n) is 1.50. The Bertz CT molecular complexity index is 353. The predicted octanol–water partition coefficient (Wildman–Crippen LogP) is 1.12. The van der Waals surface area contributed by atoms with E-state index in [2.05, 4.69) is 10.6 Å². The number of hydrogen-bond donors (Lipinski definition) is 3. The van der Waals surface area contributed by atoms with Gasteiger partial charge >= 0.3 is 0 Å². The van der Waals surface area contributed by atoms with Gasteiger partial charge in [-0.05, 0) is 13.0 Å². The lowest BCUT2D eigenvalue weighted by molar-refractivity contribution is -0.120. The number of amides is 1. The molecule has 1 aromatic carbocycles. The van der Waals surface area contributed by atoms with E-state index in [9.17, 15) is 4.79 Å². The summed E-state index contributed by atoms with van der Waals surface area (Å²) in [7, 11) is 1.62. The summed E-state index contributed by atoms with van der Waals surface area (Å²) in [5.74, 6) is 0.00137. The molecule has 4 heteroatoms. The molecule has 0 aromatic heterocycles. The van der Waals surface area contributed by atoms with Crippen LogP contribution in [0.4, 0.5) is 5.69 Å². The largest absolute Gasteiger partial charge is 0.392 e. The van der Waals surface area contributed by atoms with E-state index in [1.165, 1.54) is 0 Å². The van der Waals surface area contributed by atoms with Crippen LogP contribution in [0.2, 0.25) is 0 Å². The normalized spacial score (nSPS) is 11.9. The number of para-hydroxylation sites is 1. The average molecular weight is 222 g/mol. The van der Waals surface area contributed by atoms with Gasteiger partial charge in [-0.25, -0.2) is 0 Å². The maximum absolute atomic E-state index is 11.2. The zero-order valence-electron chi connectivity index (χ0n) is 9.66. The average Bonchev–Trinajstić information content (AvgIpc) is 2.29. The summed E-state index contributed by atoms with van der Waals surface area (Å²) < 4.78 is 0. The smallest absolute Gasteiger partial charge is 0.221 e. The number of carbonyl (C=O) groups is 1. The highest BCUT2D eigenvalue weighted by Crippen LogP contribution is 2.16. The number of anilines is 1. The standard InChI is InChI=1S/C12H18N2O2/c1-9(7-12(16)13-2)14-11-6-4-3-5-10(11)8-15/h3-6,9,14-15H,7-8H2,1-2H3,(H,13,16). The third-order valence-corrected chi connectivity index (χ3v) is 2.36. The number of aliphatic hydroxyl groups excluding tert-OH is 1. The second kappa shape index (κ2) is 6.12. The van der Waals surface area contributed by atoms with Gasteiger partial charge in [-0.3, -0.25) is 4.79 Å². The number of carbonyl (C=O) groups excluding carboxylic acids is 1. The zero-order chi connectivity index (χ0) is 12.0. The molecule has 1 aromatic rings. The first-order valence-electron chi connectivity index (χ1n) is 5.33. The maximum Gasteiger partial charge on any atom is 0.221 e. The minimum atomic E-state index is -0.00410. The first kappa shape index (κ1) is 12.5. The Labute approximate surface area is 95.7 Å². The molecule has 4 nitrogen and oxygen atoms in total. The summed E-state index contributed by atoms with van der Waals surface area (Å²) in [6, 6.07) is 7.56. The molecule has 88 valence electrons. The van der Waals surface area contributed by atoms with E-state index in [4.69, 9.17) is 5.11 Å². The molecule has 0 spiro atoms. The molecule has 0 aliphatic heterocycles. The van der Waals surface area contributed by atoms with Gasteiger partial charge in [-0.2, -0.15) is 0 Å². The molecule has 0 aliphatic carbocycles. The van der Waals surface area contributed by atoms with Crippen LogP contribution in [0.5, 0.6) is 0 Å². The summed E-state index contributed by atoms with van der Waals surface area (Å²) in [5, 5.41) is 14.9. The lowest BCUT2D eigenvalue weighted by atomic mass is 10.1. The molecular formula is C12H18N2O2. The molecule has 0 saturated carbocycles. The van der Waals surface area contributed by atoms with E-state index in [0.717, 1.165) is 11.3 Å². The minimum absolute atomic E-state index is 0.00137. The first-order valence-corrected chi connectivity index (χ1v) is 5.33. The molecule has 1 unspecified atom stereocenters. The molecule has 1 atom stereocenters. The van der Waals surface area contributed by atoms with Crippen molar-refractivity contribution < 1.29 is 9.90 Å². The number of hydrogen-bond acceptors (Lipinski definition) is 3. The van der Waals surface area contributed by atoms with Crippen molar-refractivity contribution in [3.05, 3.63) is 29.8 Å². The quantitative estimate of drug-likeness (QED) is 0.699. The summed E-state index contributed by atoms with van der Waals surface area (Å²) in [4.78, 5) is 11.2. The predicted molar refractivity (Wildman–Crippen MR) is 64.1 cm³/mol. The Hall–Kier alpha value is -1.55. The number of rotatable bonds is 5. The highest BCUT2D eigenvalue weighted by molar-refractivity contribution is 5.76. The molecule has 0 bridgehead atoms. The zero-order valence-corrected chi connectivity index (χ0v) is 9.66. The van der Waals surface area contributed by atoms with Gasteiger partial charge in [0, 0.05) is 30.8 Å². The molecule has 0 aliphatic rings. The van der Waals surface area contributed by atoms with Crippen molar-refractivity contribution in [3.8, 4) is 0 Å². The Morgan fingerprint density at radius 3 is 2.75 bits per heavy atom. The van der Waals surface area contributed by atoms with E-state index in [1.807, 2.05) is 31.2 Å². The van der Waals surface area contributed by atoms with Gasteiger partial charge in [0.2, 0.25) is 5.91 Å². The Morgan fingerprint density at radius 2 is 2.12 bits per heavy atom.